The van der Waals surface area contributed by atoms with Gasteiger partial charge in [-0.05, 0) is 42.9 Å². The number of ether oxygens (including phenoxy) is 1. The lowest BCUT2D eigenvalue weighted by molar-refractivity contribution is -0.127. The van der Waals surface area contributed by atoms with E-state index in [0.717, 1.165) is 36.2 Å². The summed E-state index contributed by atoms with van der Waals surface area (Å²) in [5.74, 6) is 2.27. The molecule has 1 aromatic heterocycles. The summed E-state index contributed by atoms with van der Waals surface area (Å²) >= 11 is 0. The Morgan fingerprint density at radius 1 is 1.23 bits per heavy atom. The van der Waals surface area contributed by atoms with Gasteiger partial charge in [0.15, 0.2) is 5.96 Å². The molecule has 1 aliphatic carbocycles. The second kappa shape index (κ2) is 12.8. The van der Waals surface area contributed by atoms with Gasteiger partial charge in [0.05, 0.1) is 7.11 Å². The van der Waals surface area contributed by atoms with Crippen LogP contribution in [0.15, 0.2) is 29.4 Å². The summed E-state index contributed by atoms with van der Waals surface area (Å²) in [6, 6.07) is 6.03. The molecular formula is C23H36IN5O2. The Balaban J connectivity index is 0.00000341. The molecule has 1 heterocycles. The molecule has 2 aromatic rings. The third-order valence-corrected chi connectivity index (χ3v) is 5.81. The molecule has 0 radical (unpaired) electrons. The van der Waals surface area contributed by atoms with Gasteiger partial charge in [-0.1, -0.05) is 25.3 Å². The molecule has 0 atom stereocenters. The number of carbonyl (C=O) groups is 1. The maximum absolute atomic E-state index is 12.0. The van der Waals surface area contributed by atoms with Crippen molar-refractivity contribution in [2.75, 3.05) is 40.8 Å². The van der Waals surface area contributed by atoms with E-state index in [1.165, 1.54) is 37.7 Å². The first-order valence-corrected chi connectivity index (χ1v) is 10.9. The van der Waals surface area contributed by atoms with Crippen LogP contribution in [0.3, 0.4) is 0 Å². The monoisotopic (exact) mass is 541 g/mol. The third-order valence-electron chi connectivity index (χ3n) is 5.81. The van der Waals surface area contributed by atoms with Crippen molar-refractivity contribution >= 4 is 46.7 Å². The molecule has 3 rings (SSSR count). The first-order valence-electron chi connectivity index (χ1n) is 10.9. The second-order valence-electron chi connectivity index (χ2n) is 8.21. The van der Waals surface area contributed by atoms with Crippen molar-refractivity contribution in [2.24, 2.45) is 10.9 Å². The highest BCUT2D eigenvalue weighted by Crippen LogP contribution is 2.28. The van der Waals surface area contributed by atoms with Gasteiger partial charge in [-0.15, -0.1) is 24.0 Å². The Bertz CT molecular complexity index is 859. The van der Waals surface area contributed by atoms with Crippen LogP contribution in [0.5, 0.6) is 5.75 Å². The predicted molar refractivity (Wildman–Crippen MR) is 138 cm³/mol. The zero-order chi connectivity index (χ0) is 21.3. The van der Waals surface area contributed by atoms with Gasteiger partial charge >= 0.3 is 0 Å². The van der Waals surface area contributed by atoms with Crippen molar-refractivity contribution in [3.63, 3.8) is 0 Å². The van der Waals surface area contributed by atoms with Crippen LogP contribution in [0.4, 0.5) is 0 Å². The first kappa shape index (κ1) is 25.3. The van der Waals surface area contributed by atoms with E-state index in [-0.39, 0.29) is 36.4 Å². The highest BCUT2D eigenvalue weighted by atomic mass is 127. The minimum atomic E-state index is -0.00451. The van der Waals surface area contributed by atoms with Crippen LogP contribution in [0.1, 0.15) is 37.7 Å². The number of aromatic amines is 1. The topological polar surface area (TPSA) is 81.7 Å². The normalized spacial score (nSPS) is 14.7. The summed E-state index contributed by atoms with van der Waals surface area (Å²) in [7, 11) is 5.21. The molecule has 0 unspecified atom stereocenters. The van der Waals surface area contributed by atoms with Crippen LogP contribution < -0.4 is 15.4 Å². The lowest BCUT2D eigenvalue weighted by Crippen LogP contribution is -2.41. The van der Waals surface area contributed by atoms with E-state index in [4.69, 9.17) is 4.74 Å². The summed E-state index contributed by atoms with van der Waals surface area (Å²) in [5.41, 5.74) is 2.27. The van der Waals surface area contributed by atoms with Crippen LogP contribution in [0.25, 0.3) is 10.9 Å². The SMILES string of the molecule is COc1cccc2[nH]cc(CCNC(=NCC(=O)N(C)C)NCC3CCCCC3)c12.I. The van der Waals surface area contributed by atoms with Crippen molar-refractivity contribution < 1.29 is 9.53 Å². The van der Waals surface area contributed by atoms with E-state index in [1.54, 1.807) is 26.1 Å². The number of rotatable bonds is 8. The smallest absolute Gasteiger partial charge is 0.243 e. The van der Waals surface area contributed by atoms with Crippen molar-refractivity contribution in [1.29, 1.82) is 0 Å². The molecule has 0 saturated heterocycles. The van der Waals surface area contributed by atoms with Crippen LogP contribution in [-0.4, -0.2) is 62.6 Å². The molecule has 172 valence electrons. The Morgan fingerprint density at radius 2 is 2.00 bits per heavy atom. The molecule has 1 aromatic carbocycles. The average molecular weight is 541 g/mol. The molecule has 0 spiro atoms. The zero-order valence-electron chi connectivity index (χ0n) is 18.9. The number of aromatic nitrogens is 1. The quantitative estimate of drug-likeness (QED) is 0.271. The zero-order valence-corrected chi connectivity index (χ0v) is 21.2. The molecule has 1 amide bonds. The first-order chi connectivity index (χ1) is 14.6. The largest absolute Gasteiger partial charge is 0.496 e. The number of nitrogens with one attached hydrogen (secondary N) is 3. The van der Waals surface area contributed by atoms with Crippen molar-refractivity contribution in [3.8, 4) is 5.75 Å². The summed E-state index contributed by atoms with van der Waals surface area (Å²) in [6.07, 6.45) is 9.38. The maximum atomic E-state index is 12.0. The molecule has 0 aliphatic heterocycles. The van der Waals surface area contributed by atoms with E-state index in [1.807, 2.05) is 18.3 Å². The number of H-pyrrole nitrogens is 1. The average Bonchev–Trinajstić information content (AvgIpc) is 3.18. The number of benzene rings is 1. The van der Waals surface area contributed by atoms with Gasteiger partial charge in [0.2, 0.25) is 5.91 Å². The lowest BCUT2D eigenvalue weighted by Gasteiger charge is -2.23. The number of hydrogen-bond donors (Lipinski definition) is 3. The highest BCUT2D eigenvalue weighted by Gasteiger charge is 2.14. The standard InChI is InChI=1S/C23H35N5O2.HI/c1-28(2)21(29)16-27-23(26-14-17-8-5-4-6-9-17)24-13-12-18-15-25-19-10-7-11-20(30-3)22(18)19;/h7,10-11,15,17,25H,4-6,8-9,12-14,16H2,1-3H3,(H2,24,26,27);1H. The number of carbonyl (C=O) groups excluding carboxylic acids is 1. The van der Waals surface area contributed by atoms with Gasteiger partial charge < -0.3 is 25.3 Å². The molecule has 7 nitrogen and oxygen atoms in total. The van der Waals surface area contributed by atoms with Crippen LogP contribution in [0, 0.1) is 5.92 Å². The number of nitrogens with zero attached hydrogens (tertiary/aromatic N) is 2. The minimum absolute atomic E-state index is 0. The van der Waals surface area contributed by atoms with Gasteiger partial charge in [0, 0.05) is 44.3 Å². The maximum Gasteiger partial charge on any atom is 0.243 e. The van der Waals surface area contributed by atoms with Gasteiger partial charge in [-0.25, -0.2) is 4.99 Å². The summed E-state index contributed by atoms with van der Waals surface area (Å²) in [5, 5.41) is 7.99. The molecular weight excluding hydrogens is 505 g/mol. The Kier molecular flexibility index (Phi) is 10.4. The van der Waals surface area contributed by atoms with Gasteiger partial charge in [-0.2, -0.15) is 0 Å². The fourth-order valence-corrected chi connectivity index (χ4v) is 4.00. The number of guanidine groups is 1. The fraction of sp³-hybridized carbons (Fsp3) is 0.565. The van der Waals surface area contributed by atoms with Gasteiger partial charge in [0.1, 0.15) is 12.3 Å². The van der Waals surface area contributed by atoms with E-state index in [9.17, 15) is 4.79 Å². The highest BCUT2D eigenvalue weighted by molar-refractivity contribution is 14.0. The molecule has 31 heavy (non-hydrogen) atoms. The molecule has 1 saturated carbocycles. The molecule has 0 bridgehead atoms. The summed E-state index contributed by atoms with van der Waals surface area (Å²) in [6.45, 7) is 1.77. The number of aliphatic imine (C=N–C) groups is 1. The van der Waals surface area contributed by atoms with E-state index < -0.39 is 0 Å². The van der Waals surface area contributed by atoms with Gasteiger partial charge in [-0.3, -0.25) is 4.79 Å². The Morgan fingerprint density at radius 3 is 2.71 bits per heavy atom. The van der Waals surface area contributed by atoms with E-state index in [2.05, 4.69) is 26.7 Å². The third kappa shape index (κ3) is 7.29. The Labute approximate surface area is 202 Å². The van der Waals surface area contributed by atoms with Crippen molar-refractivity contribution in [2.45, 2.75) is 38.5 Å². The molecule has 3 N–H and O–H groups in total. The van der Waals surface area contributed by atoms with Crippen LogP contribution >= 0.6 is 24.0 Å². The number of methoxy groups -OCH3 is 1. The number of likely N-dealkylation sites (N-methyl/N-ethyl adjacent to an activating group) is 1. The second-order valence-corrected chi connectivity index (χ2v) is 8.21. The summed E-state index contributed by atoms with van der Waals surface area (Å²) < 4.78 is 5.53. The number of amides is 1. The number of halogens is 1. The minimum Gasteiger partial charge on any atom is -0.496 e. The lowest BCUT2D eigenvalue weighted by atomic mass is 9.89. The fourth-order valence-electron chi connectivity index (χ4n) is 4.00. The molecule has 1 fully saturated rings. The molecule has 8 heteroatoms. The van der Waals surface area contributed by atoms with E-state index >= 15 is 0 Å². The molecule has 1 aliphatic rings. The predicted octanol–water partition coefficient (Wildman–Crippen LogP) is 3.54. The number of hydrogen-bond acceptors (Lipinski definition) is 3. The van der Waals surface area contributed by atoms with Gasteiger partial charge in [0.25, 0.3) is 0 Å². The van der Waals surface area contributed by atoms with Crippen LogP contribution in [0.2, 0.25) is 0 Å². The van der Waals surface area contributed by atoms with E-state index in [0.29, 0.717) is 11.9 Å². The van der Waals surface area contributed by atoms with Crippen molar-refractivity contribution in [3.05, 3.63) is 30.0 Å². The van der Waals surface area contributed by atoms with Crippen molar-refractivity contribution in [1.82, 2.24) is 20.5 Å². The summed E-state index contributed by atoms with van der Waals surface area (Å²) in [4.78, 5) is 21.4. The number of fused-ring (bicyclic) bond motifs is 1. The van der Waals surface area contributed by atoms with Crippen LogP contribution in [-0.2, 0) is 11.2 Å². The Hall–Kier alpha value is -1.97.